The van der Waals surface area contributed by atoms with Crippen LogP contribution in [-0.2, 0) is 4.74 Å². The highest BCUT2D eigenvalue weighted by molar-refractivity contribution is 7.22. The number of fused-ring (bicyclic) bond motifs is 1. The molecule has 0 unspecified atom stereocenters. The molecule has 0 radical (unpaired) electrons. The van der Waals surface area contributed by atoms with Crippen LogP contribution in [0.2, 0.25) is 0 Å². The molecule has 3 rings (SSSR count). The number of hydrogen-bond donors (Lipinski definition) is 1. The fraction of sp³-hybridized carbons (Fsp3) is 0.462. The average molecular weight is 248 g/mol. The highest BCUT2D eigenvalue weighted by Gasteiger charge is 2.20. The number of rotatable bonds is 1. The van der Waals surface area contributed by atoms with Gasteiger partial charge in [0.1, 0.15) is 0 Å². The van der Waals surface area contributed by atoms with Crippen LogP contribution < -0.4 is 5.73 Å². The van der Waals surface area contributed by atoms with Crippen molar-refractivity contribution in [1.29, 1.82) is 0 Å². The monoisotopic (exact) mass is 248 g/mol. The lowest BCUT2D eigenvalue weighted by molar-refractivity contribution is 0.0856. The number of nitrogen functional groups attached to an aromatic ring is 1. The van der Waals surface area contributed by atoms with Gasteiger partial charge in [-0.3, -0.25) is 0 Å². The summed E-state index contributed by atoms with van der Waals surface area (Å²) < 4.78 is 6.70. The second-order valence-electron chi connectivity index (χ2n) is 4.59. The van der Waals surface area contributed by atoms with E-state index in [0.717, 1.165) is 31.6 Å². The van der Waals surface area contributed by atoms with E-state index in [2.05, 4.69) is 24.0 Å². The maximum absolute atomic E-state index is 5.84. The lowest BCUT2D eigenvalue weighted by Crippen LogP contribution is -2.14. The van der Waals surface area contributed by atoms with E-state index in [1.807, 2.05) is 0 Å². The number of aryl methyl sites for hydroxylation is 1. The van der Waals surface area contributed by atoms with E-state index in [-0.39, 0.29) is 0 Å². The normalized spacial score (nSPS) is 17.7. The molecule has 0 saturated carbocycles. The Morgan fingerprint density at radius 1 is 1.35 bits per heavy atom. The Balaban J connectivity index is 2.12. The Bertz CT molecular complexity index is 544. The highest BCUT2D eigenvalue weighted by Crippen LogP contribution is 2.37. The first-order chi connectivity index (χ1) is 8.25. The maximum Gasteiger partial charge on any atom is 0.181 e. The van der Waals surface area contributed by atoms with Crippen LogP contribution in [0.4, 0.5) is 5.13 Å². The Morgan fingerprint density at radius 2 is 2.12 bits per heavy atom. The molecule has 1 fully saturated rings. The maximum atomic E-state index is 5.84. The van der Waals surface area contributed by atoms with Crippen LogP contribution in [0.25, 0.3) is 10.2 Å². The third kappa shape index (κ3) is 1.91. The van der Waals surface area contributed by atoms with Gasteiger partial charge in [-0.05, 0) is 36.8 Å². The van der Waals surface area contributed by atoms with Crippen molar-refractivity contribution in [2.75, 3.05) is 18.9 Å². The smallest absolute Gasteiger partial charge is 0.181 e. The van der Waals surface area contributed by atoms with Crippen LogP contribution in [0, 0.1) is 6.92 Å². The quantitative estimate of drug-likeness (QED) is 0.843. The second-order valence-corrected chi connectivity index (χ2v) is 5.62. The molecule has 0 amide bonds. The summed E-state index contributed by atoms with van der Waals surface area (Å²) in [5.41, 5.74) is 9.54. The van der Waals surface area contributed by atoms with Gasteiger partial charge in [0.05, 0.1) is 10.2 Å². The zero-order valence-electron chi connectivity index (χ0n) is 9.90. The number of hydrogen-bond acceptors (Lipinski definition) is 4. The van der Waals surface area contributed by atoms with Crippen molar-refractivity contribution < 1.29 is 4.74 Å². The summed E-state index contributed by atoms with van der Waals surface area (Å²) in [7, 11) is 0. The molecule has 17 heavy (non-hydrogen) atoms. The molecular formula is C13H16N2OS. The molecule has 0 aliphatic carbocycles. The van der Waals surface area contributed by atoms with Gasteiger partial charge in [-0.15, -0.1) is 0 Å². The van der Waals surface area contributed by atoms with Crippen molar-refractivity contribution >= 4 is 26.7 Å². The lowest BCUT2D eigenvalue weighted by Gasteiger charge is -2.22. The van der Waals surface area contributed by atoms with Gasteiger partial charge in [0.25, 0.3) is 0 Å². The minimum Gasteiger partial charge on any atom is -0.381 e. The number of ether oxygens (including phenoxy) is 1. The van der Waals surface area contributed by atoms with E-state index < -0.39 is 0 Å². The van der Waals surface area contributed by atoms with Gasteiger partial charge in [-0.25, -0.2) is 4.98 Å². The molecule has 0 atom stereocenters. The topological polar surface area (TPSA) is 48.1 Å². The van der Waals surface area contributed by atoms with Crippen LogP contribution in [-0.4, -0.2) is 18.2 Å². The third-order valence-corrected chi connectivity index (χ3v) is 4.39. The second kappa shape index (κ2) is 4.27. The van der Waals surface area contributed by atoms with Gasteiger partial charge in [0.2, 0.25) is 0 Å². The predicted octanol–water partition coefficient (Wildman–Crippen LogP) is 3.08. The van der Waals surface area contributed by atoms with Crippen molar-refractivity contribution in [2.45, 2.75) is 25.7 Å². The summed E-state index contributed by atoms with van der Waals surface area (Å²) in [6.07, 6.45) is 2.21. The molecule has 4 heteroatoms. The van der Waals surface area contributed by atoms with Gasteiger partial charge in [0.15, 0.2) is 5.13 Å². The van der Waals surface area contributed by atoms with Gasteiger partial charge in [-0.1, -0.05) is 23.5 Å². The zero-order chi connectivity index (χ0) is 11.8. The number of nitrogens with two attached hydrogens (primary N) is 1. The van der Waals surface area contributed by atoms with E-state index in [9.17, 15) is 0 Å². The van der Waals surface area contributed by atoms with Crippen molar-refractivity contribution in [3.8, 4) is 0 Å². The molecule has 1 saturated heterocycles. The van der Waals surface area contributed by atoms with E-state index in [0.29, 0.717) is 11.0 Å². The number of benzene rings is 1. The fourth-order valence-electron chi connectivity index (χ4n) is 2.50. The minimum absolute atomic E-state index is 0.603. The lowest BCUT2D eigenvalue weighted by atomic mass is 9.91. The van der Waals surface area contributed by atoms with Crippen LogP contribution in [0.3, 0.4) is 0 Å². The summed E-state index contributed by atoms with van der Waals surface area (Å²) in [6, 6.07) is 4.40. The molecule has 1 aromatic heterocycles. The molecule has 3 nitrogen and oxygen atoms in total. The summed E-state index contributed by atoms with van der Waals surface area (Å²) in [5.74, 6) is 0.603. The van der Waals surface area contributed by atoms with Crippen molar-refractivity contribution in [2.24, 2.45) is 0 Å². The van der Waals surface area contributed by atoms with E-state index in [1.165, 1.54) is 15.8 Å². The number of thiazole rings is 1. The molecule has 90 valence electrons. The Labute approximate surface area is 105 Å². The van der Waals surface area contributed by atoms with Crippen LogP contribution >= 0.6 is 11.3 Å². The third-order valence-electron chi connectivity index (χ3n) is 3.45. The predicted molar refractivity (Wildman–Crippen MR) is 71.6 cm³/mol. The van der Waals surface area contributed by atoms with E-state index >= 15 is 0 Å². The van der Waals surface area contributed by atoms with Gasteiger partial charge in [0, 0.05) is 13.2 Å². The van der Waals surface area contributed by atoms with E-state index in [4.69, 9.17) is 10.5 Å². The van der Waals surface area contributed by atoms with Crippen LogP contribution in [0.15, 0.2) is 12.1 Å². The molecule has 2 aromatic rings. The fourth-order valence-corrected chi connectivity index (χ4v) is 3.50. The van der Waals surface area contributed by atoms with Crippen molar-refractivity contribution in [3.63, 3.8) is 0 Å². The standard InChI is InChI=1S/C13H16N2OS/c1-8-2-3-10(9-4-6-16-7-5-9)12-11(8)15-13(14)17-12/h2-3,9H,4-7H2,1H3,(H2,14,15). The molecular weight excluding hydrogens is 232 g/mol. The molecule has 2 N–H and O–H groups in total. The summed E-state index contributed by atoms with van der Waals surface area (Å²) in [5, 5.41) is 0.669. The Hall–Kier alpha value is -1.13. The Kier molecular flexibility index (Phi) is 2.76. The van der Waals surface area contributed by atoms with Crippen molar-refractivity contribution in [1.82, 2.24) is 4.98 Å². The van der Waals surface area contributed by atoms with Crippen LogP contribution in [0.5, 0.6) is 0 Å². The first-order valence-corrected chi connectivity index (χ1v) is 6.80. The largest absolute Gasteiger partial charge is 0.381 e. The number of anilines is 1. The highest BCUT2D eigenvalue weighted by atomic mass is 32.1. The van der Waals surface area contributed by atoms with Gasteiger partial charge < -0.3 is 10.5 Å². The zero-order valence-corrected chi connectivity index (χ0v) is 10.7. The molecule has 0 spiro atoms. The van der Waals surface area contributed by atoms with Crippen LogP contribution in [0.1, 0.15) is 29.9 Å². The molecule has 0 bridgehead atoms. The van der Waals surface area contributed by atoms with E-state index in [1.54, 1.807) is 11.3 Å². The number of aromatic nitrogens is 1. The first kappa shape index (κ1) is 11.0. The Morgan fingerprint density at radius 3 is 2.88 bits per heavy atom. The van der Waals surface area contributed by atoms with Crippen molar-refractivity contribution in [3.05, 3.63) is 23.3 Å². The number of nitrogens with zero attached hydrogens (tertiary/aromatic N) is 1. The first-order valence-electron chi connectivity index (χ1n) is 5.99. The van der Waals surface area contributed by atoms with Gasteiger partial charge >= 0.3 is 0 Å². The summed E-state index contributed by atoms with van der Waals surface area (Å²) in [6.45, 7) is 3.83. The molecule has 2 heterocycles. The molecule has 1 aliphatic rings. The molecule has 1 aromatic carbocycles. The van der Waals surface area contributed by atoms with Gasteiger partial charge in [-0.2, -0.15) is 0 Å². The summed E-state index contributed by atoms with van der Waals surface area (Å²) >= 11 is 1.61. The summed E-state index contributed by atoms with van der Waals surface area (Å²) in [4.78, 5) is 4.43. The molecule has 1 aliphatic heterocycles. The average Bonchev–Trinajstić information content (AvgIpc) is 2.73. The minimum atomic E-state index is 0.603. The SMILES string of the molecule is Cc1ccc(C2CCOCC2)c2sc(N)nc12.